The summed E-state index contributed by atoms with van der Waals surface area (Å²) in [6, 6.07) is 5.56. The van der Waals surface area contributed by atoms with Crippen LogP contribution in [-0.2, 0) is 0 Å². The van der Waals surface area contributed by atoms with Crippen molar-refractivity contribution < 1.29 is 4.39 Å². The Balaban J connectivity index is 2.41. The largest absolute Gasteiger partial charge is 0.368 e. The normalized spacial score (nSPS) is 17.2. The molecular weight excluding hydrogens is 203 g/mol. The highest BCUT2D eigenvalue weighted by atomic mass is 19.1. The summed E-state index contributed by atoms with van der Waals surface area (Å²) in [7, 11) is 0. The van der Waals surface area contributed by atoms with Crippen LogP contribution in [0, 0.1) is 5.82 Å². The Morgan fingerprint density at radius 1 is 1.50 bits per heavy atom. The highest BCUT2D eigenvalue weighted by molar-refractivity contribution is 5.57. The molecule has 0 aromatic heterocycles. The van der Waals surface area contributed by atoms with Gasteiger partial charge in [-0.2, -0.15) is 0 Å². The van der Waals surface area contributed by atoms with Crippen LogP contribution >= 0.6 is 0 Å². The molecule has 1 fully saturated rings. The van der Waals surface area contributed by atoms with Crippen LogP contribution in [0.25, 0.3) is 0 Å². The van der Waals surface area contributed by atoms with Crippen LogP contribution in [0.5, 0.6) is 0 Å². The van der Waals surface area contributed by atoms with Gasteiger partial charge in [0.05, 0.1) is 0 Å². The molecule has 0 saturated heterocycles. The van der Waals surface area contributed by atoms with Crippen molar-refractivity contribution in [2.75, 3.05) is 11.4 Å². The SMILES string of the molecule is CCN(c1cccc(F)c1C(C)N)C1CC1. The fraction of sp³-hybridized carbons (Fsp3) is 0.538. The van der Waals surface area contributed by atoms with Crippen molar-refractivity contribution >= 4 is 5.69 Å². The first-order chi connectivity index (χ1) is 7.65. The van der Waals surface area contributed by atoms with Crippen LogP contribution < -0.4 is 10.6 Å². The molecule has 0 bridgehead atoms. The Labute approximate surface area is 96.2 Å². The number of anilines is 1. The molecule has 1 unspecified atom stereocenters. The summed E-state index contributed by atoms with van der Waals surface area (Å²) in [6.45, 7) is 4.85. The lowest BCUT2D eigenvalue weighted by Crippen LogP contribution is -2.27. The lowest BCUT2D eigenvalue weighted by molar-refractivity contribution is 0.591. The van der Waals surface area contributed by atoms with Gasteiger partial charge in [-0.25, -0.2) is 4.39 Å². The standard InChI is InChI=1S/C13H19FN2/c1-3-16(10-7-8-10)12-6-4-5-11(14)13(12)9(2)15/h4-6,9-10H,3,7-8,15H2,1-2H3. The molecule has 0 spiro atoms. The van der Waals surface area contributed by atoms with E-state index in [2.05, 4.69) is 11.8 Å². The molecule has 1 aromatic rings. The van der Waals surface area contributed by atoms with Crippen molar-refractivity contribution in [3.63, 3.8) is 0 Å². The molecule has 0 radical (unpaired) electrons. The first-order valence-electron chi connectivity index (χ1n) is 5.95. The molecule has 0 amide bonds. The van der Waals surface area contributed by atoms with Crippen molar-refractivity contribution in [3.05, 3.63) is 29.6 Å². The number of halogens is 1. The molecule has 3 heteroatoms. The van der Waals surface area contributed by atoms with Gasteiger partial charge in [-0.1, -0.05) is 6.07 Å². The minimum Gasteiger partial charge on any atom is -0.368 e. The third-order valence-electron chi connectivity index (χ3n) is 3.12. The number of hydrogen-bond acceptors (Lipinski definition) is 2. The Hall–Kier alpha value is -1.09. The van der Waals surface area contributed by atoms with E-state index in [1.54, 1.807) is 6.07 Å². The van der Waals surface area contributed by atoms with Crippen LogP contribution in [0.3, 0.4) is 0 Å². The van der Waals surface area contributed by atoms with E-state index in [-0.39, 0.29) is 11.9 Å². The van der Waals surface area contributed by atoms with Gasteiger partial charge in [0.25, 0.3) is 0 Å². The number of nitrogens with zero attached hydrogens (tertiary/aromatic N) is 1. The van der Waals surface area contributed by atoms with E-state index in [4.69, 9.17) is 5.73 Å². The molecule has 1 aliphatic rings. The van der Waals surface area contributed by atoms with Crippen molar-refractivity contribution in [2.24, 2.45) is 5.73 Å². The maximum Gasteiger partial charge on any atom is 0.130 e. The average molecular weight is 222 g/mol. The zero-order valence-corrected chi connectivity index (χ0v) is 9.91. The molecule has 1 aliphatic carbocycles. The fourth-order valence-electron chi connectivity index (χ4n) is 2.24. The summed E-state index contributed by atoms with van der Waals surface area (Å²) in [5.74, 6) is -0.188. The smallest absolute Gasteiger partial charge is 0.130 e. The summed E-state index contributed by atoms with van der Waals surface area (Å²) in [5, 5.41) is 0. The first-order valence-corrected chi connectivity index (χ1v) is 5.95. The molecule has 0 heterocycles. The van der Waals surface area contributed by atoms with Gasteiger partial charge in [-0.05, 0) is 38.8 Å². The molecule has 0 aliphatic heterocycles. The zero-order valence-electron chi connectivity index (χ0n) is 9.91. The lowest BCUT2D eigenvalue weighted by atomic mass is 10.0. The summed E-state index contributed by atoms with van der Waals surface area (Å²) in [4.78, 5) is 2.27. The van der Waals surface area contributed by atoms with Crippen LogP contribution in [0.1, 0.15) is 38.3 Å². The van der Waals surface area contributed by atoms with Crippen LogP contribution in [0.4, 0.5) is 10.1 Å². The summed E-state index contributed by atoms with van der Waals surface area (Å²) < 4.78 is 13.8. The van der Waals surface area contributed by atoms with Crippen molar-refractivity contribution in [2.45, 2.75) is 38.8 Å². The number of rotatable bonds is 4. The van der Waals surface area contributed by atoms with Gasteiger partial charge < -0.3 is 10.6 Å². The molecular formula is C13H19FN2. The Morgan fingerprint density at radius 2 is 2.19 bits per heavy atom. The number of nitrogens with two attached hydrogens (primary N) is 1. The number of hydrogen-bond donors (Lipinski definition) is 1. The van der Waals surface area contributed by atoms with Crippen LogP contribution in [0.15, 0.2) is 18.2 Å². The topological polar surface area (TPSA) is 29.3 Å². The van der Waals surface area contributed by atoms with E-state index < -0.39 is 0 Å². The lowest BCUT2D eigenvalue weighted by Gasteiger charge is -2.27. The van der Waals surface area contributed by atoms with Gasteiger partial charge in [0.2, 0.25) is 0 Å². The van der Waals surface area contributed by atoms with Gasteiger partial charge in [-0.15, -0.1) is 0 Å². The predicted molar refractivity (Wildman–Crippen MR) is 65.0 cm³/mol. The predicted octanol–water partition coefficient (Wildman–Crippen LogP) is 2.83. The number of benzene rings is 1. The summed E-state index contributed by atoms with van der Waals surface area (Å²) in [5.41, 5.74) is 7.48. The van der Waals surface area contributed by atoms with Crippen molar-refractivity contribution in [3.8, 4) is 0 Å². The van der Waals surface area contributed by atoms with E-state index in [0.717, 1.165) is 12.2 Å². The monoisotopic (exact) mass is 222 g/mol. The second kappa shape index (κ2) is 4.42. The summed E-state index contributed by atoms with van der Waals surface area (Å²) in [6.07, 6.45) is 2.42. The van der Waals surface area contributed by atoms with E-state index in [9.17, 15) is 4.39 Å². The Kier molecular flexibility index (Phi) is 3.15. The third-order valence-corrected chi connectivity index (χ3v) is 3.12. The van der Waals surface area contributed by atoms with Gasteiger partial charge in [-0.3, -0.25) is 0 Å². The van der Waals surface area contributed by atoms with Crippen molar-refractivity contribution in [1.29, 1.82) is 0 Å². The van der Waals surface area contributed by atoms with Gasteiger partial charge in [0.1, 0.15) is 5.82 Å². The average Bonchev–Trinajstić information content (AvgIpc) is 3.02. The molecule has 2 rings (SSSR count). The van der Waals surface area contributed by atoms with E-state index >= 15 is 0 Å². The Bertz CT molecular complexity index is 372. The van der Waals surface area contributed by atoms with Crippen molar-refractivity contribution in [1.82, 2.24) is 0 Å². The Morgan fingerprint density at radius 3 is 2.69 bits per heavy atom. The minimum absolute atomic E-state index is 0.188. The van der Waals surface area contributed by atoms with E-state index in [1.165, 1.54) is 18.9 Å². The summed E-state index contributed by atoms with van der Waals surface area (Å²) >= 11 is 0. The zero-order chi connectivity index (χ0) is 11.7. The van der Waals surface area contributed by atoms with Gasteiger partial charge >= 0.3 is 0 Å². The third kappa shape index (κ3) is 2.05. The van der Waals surface area contributed by atoms with Gasteiger partial charge in [0, 0.05) is 29.9 Å². The minimum atomic E-state index is -0.260. The second-order valence-electron chi connectivity index (χ2n) is 4.48. The van der Waals surface area contributed by atoms with Crippen LogP contribution in [-0.4, -0.2) is 12.6 Å². The molecule has 1 aromatic carbocycles. The van der Waals surface area contributed by atoms with E-state index in [1.807, 2.05) is 13.0 Å². The molecule has 88 valence electrons. The molecule has 1 atom stereocenters. The van der Waals surface area contributed by atoms with E-state index in [0.29, 0.717) is 11.6 Å². The maximum absolute atomic E-state index is 13.8. The van der Waals surface area contributed by atoms with Crippen LogP contribution in [0.2, 0.25) is 0 Å². The molecule has 16 heavy (non-hydrogen) atoms. The maximum atomic E-state index is 13.8. The fourth-order valence-corrected chi connectivity index (χ4v) is 2.24. The first kappa shape index (κ1) is 11.4. The molecule has 2 N–H and O–H groups in total. The molecule has 1 saturated carbocycles. The second-order valence-corrected chi connectivity index (χ2v) is 4.48. The highest BCUT2D eigenvalue weighted by Gasteiger charge is 2.30. The highest BCUT2D eigenvalue weighted by Crippen LogP contribution is 2.35. The van der Waals surface area contributed by atoms with Gasteiger partial charge in [0.15, 0.2) is 0 Å². The molecule has 2 nitrogen and oxygen atoms in total. The quantitative estimate of drug-likeness (QED) is 0.848.